The Morgan fingerprint density at radius 3 is 2.18 bits per heavy atom. The fourth-order valence-corrected chi connectivity index (χ4v) is 2.26. The third-order valence-electron chi connectivity index (χ3n) is 1.70. The summed E-state index contributed by atoms with van der Waals surface area (Å²) in [6.07, 6.45) is 0. The zero-order chi connectivity index (χ0) is 13.4. The maximum atomic E-state index is 13.0. The van der Waals surface area contributed by atoms with E-state index in [1.54, 1.807) is 0 Å². The number of alkyl halides is 3. The van der Waals surface area contributed by atoms with Gasteiger partial charge in [0.25, 0.3) is 9.84 Å². The predicted octanol–water partition coefficient (Wildman–Crippen LogP) is 1.70. The van der Waals surface area contributed by atoms with Crippen LogP contribution in [0.4, 0.5) is 17.6 Å². The summed E-state index contributed by atoms with van der Waals surface area (Å²) < 4.78 is 90.4. The Hall–Kier alpha value is -1.00. The first-order chi connectivity index (χ1) is 7.57. The number of sulfone groups is 1. The standard InChI is InChI=1S/C7H4F4O4S2/c8-5-2-1-4(16(12)13)3-6(5)17(14,15)7(9,10)11/h1-3H,(H,12,13). The third-order valence-corrected chi connectivity index (χ3v) is 3.86. The van der Waals surface area contributed by atoms with E-state index < -0.39 is 42.0 Å². The van der Waals surface area contributed by atoms with Gasteiger partial charge < -0.3 is 4.55 Å². The quantitative estimate of drug-likeness (QED) is 0.665. The highest BCUT2D eigenvalue weighted by molar-refractivity contribution is 7.92. The van der Waals surface area contributed by atoms with E-state index in [1.807, 2.05) is 0 Å². The molecule has 0 saturated heterocycles. The zero-order valence-corrected chi connectivity index (χ0v) is 9.37. The molecule has 1 aromatic rings. The second-order valence-electron chi connectivity index (χ2n) is 2.79. The molecule has 10 heteroatoms. The molecule has 4 nitrogen and oxygen atoms in total. The molecular formula is C7H4F4O4S2. The summed E-state index contributed by atoms with van der Waals surface area (Å²) in [6.45, 7) is 0. The van der Waals surface area contributed by atoms with Crippen LogP contribution in [-0.2, 0) is 20.9 Å². The van der Waals surface area contributed by atoms with Crippen LogP contribution in [0.2, 0.25) is 0 Å². The van der Waals surface area contributed by atoms with Gasteiger partial charge in [-0.3, -0.25) is 0 Å². The smallest absolute Gasteiger partial charge is 0.302 e. The lowest BCUT2D eigenvalue weighted by molar-refractivity contribution is -0.0437. The Morgan fingerprint density at radius 2 is 1.76 bits per heavy atom. The van der Waals surface area contributed by atoms with Crippen molar-refractivity contribution in [2.45, 2.75) is 15.3 Å². The van der Waals surface area contributed by atoms with Gasteiger partial charge in [0.2, 0.25) is 0 Å². The van der Waals surface area contributed by atoms with Gasteiger partial charge in [0, 0.05) is 0 Å². The SMILES string of the molecule is O=S(O)c1ccc(F)c(S(=O)(=O)C(F)(F)F)c1. The third kappa shape index (κ3) is 2.64. The van der Waals surface area contributed by atoms with Crippen molar-refractivity contribution in [3.05, 3.63) is 24.0 Å². The molecule has 0 aliphatic carbocycles. The van der Waals surface area contributed by atoms with Crippen molar-refractivity contribution in [2.24, 2.45) is 0 Å². The Morgan fingerprint density at radius 1 is 1.24 bits per heavy atom. The van der Waals surface area contributed by atoms with Crippen LogP contribution < -0.4 is 0 Å². The van der Waals surface area contributed by atoms with Gasteiger partial charge in [-0.05, 0) is 18.2 Å². The minimum Gasteiger partial charge on any atom is -0.302 e. The average molecular weight is 292 g/mol. The maximum absolute atomic E-state index is 13.0. The predicted molar refractivity (Wildman–Crippen MR) is 48.7 cm³/mol. The Labute approximate surface area is 95.5 Å². The van der Waals surface area contributed by atoms with Gasteiger partial charge in [-0.1, -0.05) is 0 Å². The molecule has 0 heterocycles. The minimum absolute atomic E-state index is 0.175. The molecule has 0 aromatic heterocycles. The van der Waals surface area contributed by atoms with Crippen molar-refractivity contribution in [1.82, 2.24) is 0 Å². The van der Waals surface area contributed by atoms with E-state index in [9.17, 15) is 30.2 Å². The highest BCUT2D eigenvalue weighted by Gasteiger charge is 2.48. The largest absolute Gasteiger partial charge is 0.502 e. The molecule has 1 atom stereocenters. The molecule has 1 rings (SSSR count). The number of benzene rings is 1. The first kappa shape index (κ1) is 14.1. The van der Waals surface area contributed by atoms with E-state index in [0.29, 0.717) is 12.1 Å². The van der Waals surface area contributed by atoms with E-state index in [1.165, 1.54) is 0 Å². The van der Waals surface area contributed by atoms with Crippen LogP contribution in [-0.4, -0.2) is 22.7 Å². The van der Waals surface area contributed by atoms with Gasteiger partial charge in [0.1, 0.15) is 10.7 Å². The van der Waals surface area contributed by atoms with Crippen molar-refractivity contribution in [1.29, 1.82) is 0 Å². The van der Waals surface area contributed by atoms with Crippen LogP contribution >= 0.6 is 0 Å². The summed E-state index contributed by atoms with van der Waals surface area (Å²) in [7, 11) is -5.88. The van der Waals surface area contributed by atoms with Crippen molar-refractivity contribution in [3.8, 4) is 0 Å². The molecule has 1 aromatic carbocycles. The van der Waals surface area contributed by atoms with Gasteiger partial charge in [0.15, 0.2) is 11.1 Å². The highest BCUT2D eigenvalue weighted by Crippen LogP contribution is 2.32. The molecule has 96 valence electrons. The lowest BCUT2D eigenvalue weighted by Gasteiger charge is -2.09. The van der Waals surface area contributed by atoms with Crippen LogP contribution in [0.15, 0.2) is 28.0 Å². The number of halogens is 4. The minimum atomic E-state index is -5.88. The molecule has 17 heavy (non-hydrogen) atoms. The van der Waals surface area contributed by atoms with E-state index in [-0.39, 0.29) is 6.07 Å². The lowest BCUT2D eigenvalue weighted by Crippen LogP contribution is -2.24. The molecule has 0 saturated carbocycles. The Balaban J connectivity index is 3.52. The summed E-state index contributed by atoms with van der Waals surface area (Å²) in [4.78, 5) is -2.32. The summed E-state index contributed by atoms with van der Waals surface area (Å²) in [5.74, 6) is -1.64. The monoisotopic (exact) mass is 292 g/mol. The fourth-order valence-electron chi connectivity index (χ4n) is 0.923. The number of hydrogen-bond donors (Lipinski definition) is 1. The molecule has 0 aliphatic rings. The van der Waals surface area contributed by atoms with Crippen LogP contribution in [0.5, 0.6) is 0 Å². The molecule has 0 fully saturated rings. The van der Waals surface area contributed by atoms with E-state index in [2.05, 4.69) is 0 Å². The van der Waals surface area contributed by atoms with Gasteiger partial charge in [-0.2, -0.15) is 13.2 Å². The van der Waals surface area contributed by atoms with Gasteiger partial charge in [-0.15, -0.1) is 0 Å². The van der Waals surface area contributed by atoms with Gasteiger partial charge in [0.05, 0.1) is 4.90 Å². The summed E-state index contributed by atoms with van der Waals surface area (Å²) >= 11 is -2.71. The summed E-state index contributed by atoms with van der Waals surface area (Å²) in [5, 5.41) is 0. The van der Waals surface area contributed by atoms with Crippen molar-refractivity contribution >= 4 is 20.9 Å². The molecule has 1 unspecified atom stereocenters. The first-order valence-electron chi connectivity index (χ1n) is 3.79. The van der Waals surface area contributed by atoms with Crippen LogP contribution in [0, 0.1) is 5.82 Å². The molecule has 0 amide bonds. The second kappa shape index (κ2) is 4.35. The topological polar surface area (TPSA) is 71.4 Å². The number of rotatable bonds is 2. The number of hydrogen-bond acceptors (Lipinski definition) is 3. The fraction of sp³-hybridized carbons (Fsp3) is 0.143. The van der Waals surface area contributed by atoms with Gasteiger partial charge in [-0.25, -0.2) is 17.0 Å². The molecule has 0 radical (unpaired) electrons. The highest BCUT2D eigenvalue weighted by atomic mass is 32.2. The molecular weight excluding hydrogens is 288 g/mol. The first-order valence-corrected chi connectivity index (χ1v) is 6.38. The maximum Gasteiger partial charge on any atom is 0.502 e. The zero-order valence-electron chi connectivity index (χ0n) is 7.73. The second-order valence-corrected chi connectivity index (χ2v) is 5.67. The molecule has 0 spiro atoms. The van der Waals surface area contributed by atoms with E-state index in [0.717, 1.165) is 0 Å². The van der Waals surface area contributed by atoms with Gasteiger partial charge >= 0.3 is 5.51 Å². The Kier molecular flexibility index (Phi) is 3.60. The normalized spacial score (nSPS) is 14.6. The van der Waals surface area contributed by atoms with Crippen molar-refractivity contribution < 1.29 is 34.7 Å². The lowest BCUT2D eigenvalue weighted by atomic mass is 10.3. The van der Waals surface area contributed by atoms with Crippen molar-refractivity contribution in [2.75, 3.05) is 0 Å². The van der Waals surface area contributed by atoms with Crippen LogP contribution in [0.3, 0.4) is 0 Å². The molecule has 0 aliphatic heterocycles. The summed E-state index contributed by atoms with van der Waals surface area (Å²) in [6, 6.07) is 1.26. The van der Waals surface area contributed by atoms with E-state index >= 15 is 0 Å². The molecule has 1 N–H and O–H groups in total. The van der Waals surface area contributed by atoms with Crippen LogP contribution in [0.1, 0.15) is 0 Å². The average Bonchev–Trinajstić information content (AvgIpc) is 2.15. The Bertz CT molecular complexity index is 564. The molecule has 0 bridgehead atoms. The van der Waals surface area contributed by atoms with Crippen LogP contribution in [0.25, 0.3) is 0 Å². The van der Waals surface area contributed by atoms with Crippen molar-refractivity contribution in [3.63, 3.8) is 0 Å². The van der Waals surface area contributed by atoms with E-state index in [4.69, 9.17) is 4.55 Å². The summed E-state index contributed by atoms with van der Waals surface area (Å²) in [5.41, 5.74) is -5.68.